The molecule has 0 spiro atoms. The molecule has 0 unspecified atom stereocenters. The smallest absolute Gasteiger partial charge is 0.187 e. The van der Waals surface area contributed by atoms with Crippen LogP contribution in [0.3, 0.4) is 0 Å². The van der Waals surface area contributed by atoms with Crippen molar-refractivity contribution in [1.29, 1.82) is 0 Å². The van der Waals surface area contributed by atoms with E-state index < -0.39 is 0 Å². The van der Waals surface area contributed by atoms with Crippen molar-refractivity contribution in [2.45, 2.75) is 0 Å². The van der Waals surface area contributed by atoms with Crippen molar-refractivity contribution in [1.82, 2.24) is 4.98 Å². The van der Waals surface area contributed by atoms with Gasteiger partial charge in [0.05, 0.1) is 5.69 Å². The van der Waals surface area contributed by atoms with Crippen molar-refractivity contribution in [2.75, 3.05) is 5.32 Å². The topological polar surface area (TPSA) is 65.4 Å². The van der Waals surface area contributed by atoms with Gasteiger partial charge in [-0.1, -0.05) is 0 Å². The summed E-state index contributed by atoms with van der Waals surface area (Å²) in [6.07, 6.45) is 0. The highest BCUT2D eigenvalue weighted by atomic mass is 32.1. The molecule has 0 radical (unpaired) electrons. The van der Waals surface area contributed by atoms with Gasteiger partial charge in [0, 0.05) is 16.6 Å². The van der Waals surface area contributed by atoms with Crippen LogP contribution in [0.4, 0.5) is 15.2 Å². The Morgan fingerprint density at radius 3 is 2.48 bits per heavy atom. The van der Waals surface area contributed by atoms with Gasteiger partial charge in [-0.3, -0.25) is 0 Å². The predicted molar refractivity (Wildman–Crippen MR) is 80.6 cm³/mol. The first-order valence-electron chi connectivity index (χ1n) is 6.12. The van der Waals surface area contributed by atoms with E-state index in [0.29, 0.717) is 16.4 Å². The van der Waals surface area contributed by atoms with Crippen LogP contribution in [0.15, 0.2) is 47.8 Å². The van der Waals surface area contributed by atoms with Crippen molar-refractivity contribution < 1.29 is 14.6 Å². The standard InChI is InChI=1S/C15H11FN2O2S/c16-10-2-4-11(5-3-10)17-15-18-12(8-21-15)9-1-6-13(19)14(20)7-9/h1-8,19-20H,(H,17,18). The Kier molecular flexibility index (Phi) is 3.45. The number of nitrogens with one attached hydrogen (secondary N) is 1. The van der Waals surface area contributed by atoms with E-state index in [1.54, 1.807) is 18.2 Å². The van der Waals surface area contributed by atoms with E-state index in [1.165, 1.54) is 35.6 Å². The Morgan fingerprint density at radius 1 is 1.00 bits per heavy atom. The Bertz CT molecular complexity index is 772. The number of nitrogens with zero attached hydrogens (tertiary/aromatic N) is 1. The highest BCUT2D eigenvalue weighted by molar-refractivity contribution is 7.14. The molecule has 0 amide bonds. The Morgan fingerprint density at radius 2 is 1.76 bits per heavy atom. The average molecular weight is 302 g/mol. The number of phenols is 2. The van der Waals surface area contributed by atoms with E-state index in [-0.39, 0.29) is 17.3 Å². The molecule has 106 valence electrons. The largest absolute Gasteiger partial charge is 0.504 e. The second-order valence-electron chi connectivity index (χ2n) is 4.37. The molecule has 6 heteroatoms. The van der Waals surface area contributed by atoms with Crippen LogP contribution in [0, 0.1) is 5.82 Å². The molecule has 3 rings (SSSR count). The highest BCUT2D eigenvalue weighted by Gasteiger charge is 2.07. The Balaban J connectivity index is 1.82. The van der Waals surface area contributed by atoms with Gasteiger partial charge < -0.3 is 15.5 Å². The van der Waals surface area contributed by atoms with E-state index in [1.807, 2.05) is 5.38 Å². The van der Waals surface area contributed by atoms with Crippen LogP contribution in [0.25, 0.3) is 11.3 Å². The number of thiazole rings is 1. The maximum Gasteiger partial charge on any atom is 0.187 e. The fraction of sp³-hybridized carbons (Fsp3) is 0. The number of hydrogen-bond acceptors (Lipinski definition) is 5. The van der Waals surface area contributed by atoms with Crippen molar-refractivity contribution in [2.24, 2.45) is 0 Å². The molecule has 0 saturated heterocycles. The maximum atomic E-state index is 12.8. The van der Waals surface area contributed by atoms with Gasteiger partial charge in [0.1, 0.15) is 5.82 Å². The highest BCUT2D eigenvalue weighted by Crippen LogP contribution is 2.32. The summed E-state index contributed by atoms with van der Waals surface area (Å²) >= 11 is 1.39. The molecule has 3 N–H and O–H groups in total. The summed E-state index contributed by atoms with van der Waals surface area (Å²) in [5, 5.41) is 24.4. The molecule has 0 bridgehead atoms. The van der Waals surface area contributed by atoms with Crippen LogP contribution in [-0.4, -0.2) is 15.2 Å². The molecule has 0 aliphatic carbocycles. The fourth-order valence-corrected chi connectivity index (χ4v) is 2.54. The van der Waals surface area contributed by atoms with E-state index in [9.17, 15) is 14.6 Å². The molecular formula is C15H11FN2O2S. The maximum absolute atomic E-state index is 12.8. The molecule has 1 heterocycles. The van der Waals surface area contributed by atoms with E-state index in [0.717, 1.165) is 5.69 Å². The number of anilines is 2. The van der Waals surface area contributed by atoms with Crippen molar-refractivity contribution >= 4 is 22.2 Å². The van der Waals surface area contributed by atoms with Crippen LogP contribution in [0.1, 0.15) is 0 Å². The number of benzene rings is 2. The number of rotatable bonds is 3. The van der Waals surface area contributed by atoms with Crippen LogP contribution < -0.4 is 5.32 Å². The Hall–Kier alpha value is -2.60. The molecule has 2 aromatic carbocycles. The van der Waals surface area contributed by atoms with Crippen LogP contribution in [-0.2, 0) is 0 Å². The summed E-state index contributed by atoms with van der Waals surface area (Å²) in [5.41, 5.74) is 2.12. The Labute approximate surface area is 124 Å². The zero-order valence-corrected chi connectivity index (χ0v) is 11.6. The number of aromatic hydroxyl groups is 2. The number of aromatic nitrogens is 1. The second kappa shape index (κ2) is 5.41. The molecule has 3 aromatic rings. The molecule has 0 aliphatic rings. The summed E-state index contributed by atoms with van der Waals surface area (Å²) < 4.78 is 12.8. The van der Waals surface area contributed by atoms with Gasteiger partial charge in [-0.15, -0.1) is 11.3 Å². The molecule has 0 aliphatic heterocycles. The number of phenolic OH excluding ortho intramolecular Hbond substituents is 2. The predicted octanol–water partition coefficient (Wildman–Crippen LogP) is 4.10. The van der Waals surface area contributed by atoms with Crippen LogP contribution in [0.2, 0.25) is 0 Å². The van der Waals surface area contributed by atoms with Gasteiger partial charge in [-0.2, -0.15) is 0 Å². The molecular weight excluding hydrogens is 291 g/mol. The quantitative estimate of drug-likeness (QED) is 0.637. The minimum Gasteiger partial charge on any atom is -0.504 e. The first-order chi connectivity index (χ1) is 10.1. The van der Waals surface area contributed by atoms with Gasteiger partial charge in [0.25, 0.3) is 0 Å². The summed E-state index contributed by atoms with van der Waals surface area (Å²) in [6.45, 7) is 0. The zero-order chi connectivity index (χ0) is 14.8. The summed E-state index contributed by atoms with van der Waals surface area (Å²) in [7, 11) is 0. The third kappa shape index (κ3) is 2.95. The van der Waals surface area contributed by atoms with Crippen LogP contribution in [0.5, 0.6) is 11.5 Å². The van der Waals surface area contributed by atoms with E-state index in [2.05, 4.69) is 10.3 Å². The van der Waals surface area contributed by atoms with Gasteiger partial charge in [0.2, 0.25) is 0 Å². The first-order valence-corrected chi connectivity index (χ1v) is 7.00. The van der Waals surface area contributed by atoms with Gasteiger partial charge in [0.15, 0.2) is 16.6 Å². The molecule has 4 nitrogen and oxygen atoms in total. The van der Waals surface area contributed by atoms with Gasteiger partial charge in [-0.05, 0) is 42.5 Å². The summed E-state index contributed by atoms with van der Waals surface area (Å²) in [4.78, 5) is 4.39. The van der Waals surface area contributed by atoms with E-state index >= 15 is 0 Å². The fourth-order valence-electron chi connectivity index (χ4n) is 1.80. The lowest BCUT2D eigenvalue weighted by atomic mass is 10.1. The minimum atomic E-state index is -0.292. The van der Waals surface area contributed by atoms with Crippen molar-refractivity contribution in [3.63, 3.8) is 0 Å². The van der Waals surface area contributed by atoms with Gasteiger partial charge >= 0.3 is 0 Å². The second-order valence-corrected chi connectivity index (χ2v) is 5.23. The van der Waals surface area contributed by atoms with Gasteiger partial charge in [-0.25, -0.2) is 9.37 Å². The summed E-state index contributed by atoms with van der Waals surface area (Å²) in [5.74, 6) is -0.646. The lowest BCUT2D eigenvalue weighted by Gasteiger charge is -2.02. The van der Waals surface area contributed by atoms with E-state index in [4.69, 9.17) is 0 Å². The third-order valence-corrected chi connectivity index (χ3v) is 3.63. The summed E-state index contributed by atoms with van der Waals surface area (Å²) in [6, 6.07) is 10.5. The van der Waals surface area contributed by atoms with Crippen molar-refractivity contribution in [3.8, 4) is 22.8 Å². The molecule has 0 atom stereocenters. The minimum absolute atomic E-state index is 0.168. The molecule has 0 fully saturated rings. The number of hydrogen-bond donors (Lipinski definition) is 3. The first kappa shape index (κ1) is 13.4. The lowest BCUT2D eigenvalue weighted by molar-refractivity contribution is 0.404. The monoisotopic (exact) mass is 302 g/mol. The lowest BCUT2D eigenvalue weighted by Crippen LogP contribution is -1.89. The molecule has 1 aromatic heterocycles. The zero-order valence-electron chi connectivity index (χ0n) is 10.7. The average Bonchev–Trinajstić information content (AvgIpc) is 2.93. The SMILES string of the molecule is Oc1ccc(-c2csc(Nc3ccc(F)cc3)n2)cc1O. The normalized spacial score (nSPS) is 10.5. The van der Waals surface area contributed by atoms with Crippen LogP contribution >= 0.6 is 11.3 Å². The number of halogens is 1. The molecule has 0 saturated carbocycles. The molecule has 21 heavy (non-hydrogen) atoms. The third-order valence-electron chi connectivity index (χ3n) is 2.87. The van der Waals surface area contributed by atoms with Crippen molar-refractivity contribution in [3.05, 3.63) is 53.7 Å².